The first-order valence-electron chi connectivity index (χ1n) is 10.2. The Bertz CT molecular complexity index is 1130. The molecular formula is C21H27N3O5S2. The molecule has 0 bridgehead atoms. The lowest BCUT2D eigenvalue weighted by molar-refractivity contribution is 0.0697. The number of benzene rings is 2. The van der Waals surface area contributed by atoms with Gasteiger partial charge in [-0.05, 0) is 44.2 Å². The number of para-hydroxylation sites is 1. The van der Waals surface area contributed by atoms with E-state index in [9.17, 15) is 21.6 Å². The van der Waals surface area contributed by atoms with Crippen molar-refractivity contribution in [3.8, 4) is 0 Å². The molecule has 0 spiro atoms. The third-order valence-corrected chi connectivity index (χ3v) is 9.06. The molecule has 1 aliphatic rings. The van der Waals surface area contributed by atoms with Gasteiger partial charge in [-0.3, -0.25) is 9.10 Å². The van der Waals surface area contributed by atoms with Crippen molar-refractivity contribution in [3.05, 3.63) is 60.2 Å². The topological polar surface area (TPSA) is 95.1 Å². The Hall–Kier alpha value is -2.43. The molecule has 0 aliphatic carbocycles. The summed E-state index contributed by atoms with van der Waals surface area (Å²) < 4.78 is 53.2. The highest BCUT2D eigenvalue weighted by atomic mass is 32.2. The van der Waals surface area contributed by atoms with Crippen molar-refractivity contribution in [1.82, 2.24) is 9.21 Å². The number of hydrogen-bond donors (Lipinski definition) is 0. The van der Waals surface area contributed by atoms with E-state index < -0.39 is 20.0 Å². The summed E-state index contributed by atoms with van der Waals surface area (Å²) in [4.78, 5) is 14.6. The summed E-state index contributed by atoms with van der Waals surface area (Å²) in [6.45, 7) is 4.59. The van der Waals surface area contributed by atoms with Gasteiger partial charge in [-0.25, -0.2) is 16.8 Å². The molecule has 31 heavy (non-hydrogen) atoms. The third kappa shape index (κ3) is 4.91. The highest BCUT2D eigenvalue weighted by Gasteiger charge is 2.29. The van der Waals surface area contributed by atoms with Gasteiger partial charge in [0.2, 0.25) is 10.0 Å². The fraction of sp³-hybridized carbons (Fsp3) is 0.381. The molecule has 1 heterocycles. The predicted molar refractivity (Wildman–Crippen MR) is 120 cm³/mol. The number of nitrogens with zero attached hydrogens (tertiary/aromatic N) is 3. The monoisotopic (exact) mass is 465 g/mol. The largest absolute Gasteiger partial charge is 0.336 e. The molecular weight excluding hydrogens is 438 g/mol. The van der Waals surface area contributed by atoms with E-state index in [0.29, 0.717) is 5.69 Å². The average molecular weight is 466 g/mol. The van der Waals surface area contributed by atoms with E-state index in [1.807, 2.05) is 6.07 Å². The molecule has 0 atom stereocenters. The molecule has 0 aromatic heterocycles. The van der Waals surface area contributed by atoms with Crippen molar-refractivity contribution in [2.75, 3.05) is 42.8 Å². The van der Waals surface area contributed by atoms with Gasteiger partial charge < -0.3 is 4.90 Å². The minimum Gasteiger partial charge on any atom is -0.336 e. The van der Waals surface area contributed by atoms with Crippen molar-refractivity contribution in [3.63, 3.8) is 0 Å². The van der Waals surface area contributed by atoms with Gasteiger partial charge in [0, 0.05) is 38.3 Å². The van der Waals surface area contributed by atoms with E-state index in [0.717, 1.165) is 0 Å². The Kier molecular flexibility index (Phi) is 7.03. The Morgan fingerprint density at radius 1 is 0.903 bits per heavy atom. The fourth-order valence-electron chi connectivity index (χ4n) is 3.54. The van der Waals surface area contributed by atoms with Gasteiger partial charge in [-0.2, -0.15) is 4.31 Å². The second-order valence-corrected chi connectivity index (χ2v) is 11.2. The third-order valence-electron chi connectivity index (χ3n) is 5.28. The summed E-state index contributed by atoms with van der Waals surface area (Å²) in [7, 11) is -7.14. The minimum absolute atomic E-state index is 0.0240. The fourth-order valence-corrected chi connectivity index (χ4v) is 6.14. The molecule has 0 N–H and O–H groups in total. The number of sulfonamides is 2. The van der Waals surface area contributed by atoms with Gasteiger partial charge in [0.25, 0.3) is 15.9 Å². The number of piperazine rings is 1. The maximum absolute atomic E-state index is 13.2. The van der Waals surface area contributed by atoms with Gasteiger partial charge in [0.05, 0.1) is 16.3 Å². The zero-order valence-electron chi connectivity index (χ0n) is 17.6. The van der Waals surface area contributed by atoms with Crippen LogP contribution in [0.5, 0.6) is 0 Å². The minimum atomic E-state index is -3.85. The van der Waals surface area contributed by atoms with E-state index in [4.69, 9.17) is 0 Å². The van der Waals surface area contributed by atoms with Gasteiger partial charge in [-0.15, -0.1) is 0 Å². The summed E-state index contributed by atoms with van der Waals surface area (Å²) in [6.07, 6.45) is 0. The molecule has 10 heteroatoms. The molecule has 168 valence electrons. The molecule has 0 unspecified atom stereocenters. The SMILES string of the molecule is CCN(c1ccccc1)S(=O)(=O)c1cccc(C(=O)N2CCN(S(=O)(=O)CC)CC2)c1. The highest BCUT2D eigenvalue weighted by Crippen LogP contribution is 2.24. The zero-order chi connectivity index (χ0) is 22.6. The van der Waals surface area contributed by atoms with Crippen molar-refractivity contribution < 1.29 is 21.6 Å². The van der Waals surface area contributed by atoms with Gasteiger partial charge in [0.15, 0.2) is 0 Å². The van der Waals surface area contributed by atoms with Crippen LogP contribution >= 0.6 is 0 Å². The van der Waals surface area contributed by atoms with Crippen LogP contribution in [0.2, 0.25) is 0 Å². The number of rotatable bonds is 7. The molecule has 2 aromatic rings. The maximum atomic E-state index is 13.2. The average Bonchev–Trinajstić information content (AvgIpc) is 2.80. The van der Waals surface area contributed by atoms with Gasteiger partial charge in [0.1, 0.15) is 0 Å². The number of carbonyl (C=O) groups is 1. The molecule has 3 rings (SSSR count). The first kappa shape index (κ1) is 23.2. The molecule has 8 nitrogen and oxygen atoms in total. The Morgan fingerprint density at radius 2 is 1.55 bits per heavy atom. The van der Waals surface area contributed by atoms with E-state index in [1.165, 1.54) is 20.7 Å². The molecule has 0 radical (unpaired) electrons. The number of carbonyl (C=O) groups excluding carboxylic acids is 1. The molecule has 0 saturated carbocycles. The quantitative estimate of drug-likeness (QED) is 0.623. The smallest absolute Gasteiger partial charge is 0.264 e. The maximum Gasteiger partial charge on any atom is 0.264 e. The first-order chi connectivity index (χ1) is 14.7. The van der Waals surface area contributed by atoms with Gasteiger partial charge >= 0.3 is 0 Å². The molecule has 1 aliphatic heterocycles. The lowest BCUT2D eigenvalue weighted by Crippen LogP contribution is -2.50. The summed E-state index contributed by atoms with van der Waals surface area (Å²) in [5.74, 6) is -0.288. The van der Waals surface area contributed by atoms with E-state index in [2.05, 4.69) is 0 Å². The van der Waals surface area contributed by atoms with Crippen LogP contribution < -0.4 is 4.31 Å². The van der Waals surface area contributed by atoms with Crippen LogP contribution in [0, 0.1) is 0 Å². The summed E-state index contributed by atoms with van der Waals surface area (Å²) >= 11 is 0. The van der Waals surface area contributed by atoms with Crippen LogP contribution in [0.1, 0.15) is 24.2 Å². The van der Waals surface area contributed by atoms with Crippen molar-refractivity contribution in [2.45, 2.75) is 18.7 Å². The van der Waals surface area contributed by atoms with Crippen LogP contribution in [0.25, 0.3) is 0 Å². The van der Waals surface area contributed by atoms with Crippen LogP contribution in [-0.4, -0.2) is 70.4 Å². The van der Waals surface area contributed by atoms with Crippen LogP contribution in [0.4, 0.5) is 5.69 Å². The van der Waals surface area contributed by atoms with Gasteiger partial charge in [-0.1, -0.05) is 24.3 Å². The predicted octanol–water partition coefficient (Wildman–Crippen LogP) is 2.01. The summed E-state index contributed by atoms with van der Waals surface area (Å²) in [5.41, 5.74) is 0.812. The standard InChI is InChI=1S/C21H27N3O5S2/c1-3-24(19-10-6-5-7-11-19)31(28,29)20-12-8-9-18(17-20)21(25)22-13-15-23(16-14-22)30(26,27)4-2/h5-12,17H,3-4,13-16H2,1-2H3. The number of hydrogen-bond acceptors (Lipinski definition) is 5. The van der Waals surface area contributed by atoms with Crippen LogP contribution in [-0.2, 0) is 20.0 Å². The number of anilines is 1. The molecule has 1 amide bonds. The molecule has 1 saturated heterocycles. The van der Waals surface area contributed by atoms with E-state index in [-0.39, 0.29) is 54.8 Å². The lowest BCUT2D eigenvalue weighted by Gasteiger charge is -2.34. The Balaban J connectivity index is 1.81. The van der Waals surface area contributed by atoms with Crippen LogP contribution in [0.15, 0.2) is 59.5 Å². The van der Waals surface area contributed by atoms with Crippen LogP contribution in [0.3, 0.4) is 0 Å². The highest BCUT2D eigenvalue weighted by molar-refractivity contribution is 7.92. The second kappa shape index (κ2) is 9.37. The van der Waals surface area contributed by atoms with Crippen molar-refractivity contribution >= 4 is 31.6 Å². The van der Waals surface area contributed by atoms with E-state index >= 15 is 0 Å². The zero-order valence-corrected chi connectivity index (χ0v) is 19.3. The Morgan fingerprint density at radius 3 is 2.13 bits per heavy atom. The normalized spacial score (nSPS) is 15.6. The first-order valence-corrected chi connectivity index (χ1v) is 13.2. The summed E-state index contributed by atoms with van der Waals surface area (Å²) in [5, 5.41) is 0. The lowest BCUT2D eigenvalue weighted by atomic mass is 10.2. The number of amides is 1. The molecule has 1 fully saturated rings. The van der Waals surface area contributed by atoms with Crippen molar-refractivity contribution in [1.29, 1.82) is 0 Å². The summed E-state index contributed by atoms with van der Waals surface area (Å²) in [6, 6.07) is 14.8. The van der Waals surface area contributed by atoms with E-state index in [1.54, 1.807) is 55.1 Å². The molecule has 2 aromatic carbocycles. The Labute approximate surface area is 184 Å². The van der Waals surface area contributed by atoms with Crippen molar-refractivity contribution in [2.24, 2.45) is 0 Å². The second-order valence-electron chi connectivity index (χ2n) is 7.12.